The van der Waals surface area contributed by atoms with Gasteiger partial charge in [0.2, 0.25) is 0 Å². The SMILES string of the molecule is CCn1nc(C)c(CNC(=O)c2nnn(Cc3ccccc3)c2C)c1C. The smallest absolute Gasteiger partial charge is 0.274 e. The van der Waals surface area contributed by atoms with Gasteiger partial charge in [0.05, 0.1) is 17.9 Å². The molecule has 0 saturated carbocycles. The fourth-order valence-corrected chi connectivity index (χ4v) is 3.03. The van der Waals surface area contributed by atoms with E-state index in [0.29, 0.717) is 18.8 Å². The number of aryl methyl sites for hydroxylation is 2. The van der Waals surface area contributed by atoms with Crippen molar-refractivity contribution in [1.82, 2.24) is 30.1 Å². The molecule has 1 amide bonds. The molecule has 7 heteroatoms. The number of benzene rings is 1. The second kappa shape index (κ2) is 7.51. The molecule has 0 aliphatic carbocycles. The summed E-state index contributed by atoms with van der Waals surface area (Å²) in [5, 5.41) is 15.6. The van der Waals surface area contributed by atoms with Gasteiger partial charge in [-0.2, -0.15) is 5.10 Å². The number of hydrogen-bond acceptors (Lipinski definition) is 4. The van der Waals surface area contributed by atoms with Gasteiger partial charge in [-0.1, -0.05) is 35.5 Å². The molecule has 0 aliphatic rings. The normalized spacial score (nSPS) is 10.9. The molecule has 0 spiro atoms. The highest BCUT2D eigenvalue weighted by atomic mass is 16.2. The van der Waals surface area contributed by atoms with E-state index < -0.39 is 0 Å². The van der Waals surface area contributed by atoms with E-state index >= 15 is 0 Å². The molecule has 7 nitrogen and oxygen atoms in total. The van der Waals surface area contributed by atoms with E-state index in [1.807, 2.05) is 55.8 Å². The summed E-state index contributed by atoms with van der Waals surface area (Å²) < 4.78 is 3.69. The van der Waals surface area contributed by atoms with Gasteiger partial charge in [0, 0.05) is 24.3 Å². The minimum Gasteiger partial charge on any atom is -0.346 e. The van der Waals surface area contributed by atoms with Crippen molar-refractivity contribution in [3.8, 4) is 0 Å². The molecule has 0 atom stereocenters. The predicted molar refractivity (Wildman–Crippen MR) is 98.8 cm³/mol. The summed E-state index contributed by atoms with van der Waals surface area (Å²) >= 11 is 0. The molecular weight excluding hydrogens is 328 g/mol. The van der Waals surface area contributed by atoms with E-state index in [0.717, 1.165) is 34.8 Å². The molecule has 0 fully saturated rings. The van der Waals surface area contributed by atoms with Crippen LogP contribution in [-0.2, 0) is 19.6 Å². The molecule has 2 aromatic heterocycles. The van der Waals surface area contributed by atoms with Crippen LogP contribution in [0, 0.1) is 20.8 Å². The maximum atomic E-state index is 12.5. The lowest BCUT2D eigenvalue weighted by molar-refractivity contribution is 0.0945. The lowest BCUT2D eigenvalue weighted by Crippen LogP contribution is -2.24. The van der Waals surface area contributed by atoms with Crippen LogP contribution < -0.4 is 5.32 Å². The van der Waals surface area contributed by atoms with Crippen LogP contribution in [-0.4, -0.2) is 30.7 Å². The quantitative estimate of drug-likeness (QED) is 0.739. The number of rotatable bonds is 6. The fraction of sp³-hybridized carbons (Fsp3) is 0.368. The first kappa shape index (κ1) is 17.8. The zero-order chi connectivity index (χ0) is 18.7. The first-order valence-corrected chi connectivity index (χ1v) is 8.76. The Hall–Kier alpha value is -2.96. The van der Waals surface area contributed by atoms with Crippen molar-refractivity contribution in [1.29, 1.82) is 0 Å². The molecule has 3 rings (SSSR count). The number of aromatic nitrogens is 5. The minimum absolute atomic E-state index is 0.218. The van der Waals surface area contributed by atoms with Crippen molar-refractivity contribution in [2.75, 3.05) is 0 Å². The van der Waals surface area contributed by atoms with E-state index in [4.69, 9.17) is 0 Å². The number of amides is 1. The average Bonchev–Trinajstić information content (AvgIpc) is 3.13. The van der Waals surface area contributed by atoms with E-state index in [1.54, 1.807) is 4.68 Å². The highest BCUT2D eigenvalue weighted by Gasteiger charge is 2.18. The van der Waals surface area contributed by atoms with Crippen molar-refractivity contribution >= 4 is 5.91 Å². The van der Waals surface area contributed by atoms with Crippen molar-refractivity contribution < 1.29 is 4.79 Å². The van der Waals surface area contributed by atoms with Crippen LogP contribution in [0.2, 0.25) is 0 Å². The molecule has 3 aromatic rings. The van der Waals surface area contributed by atoms with E-state index in [1.165, 1.54) is 0 Å². The molecule has 0 bridgehead atoms. The van der Waals surface area contributed by atoms with Gasteiger partial charge in [-0.3, -0.25) is 9.48 Å². The van der Waals surface area contributed by atoms with Gasteiger partial charge in [0.15, 0.2) is 5.69 Å². The van der Waals surface area contributed by atoms with Gasteiger partial charge in [-0.15, -0.1) is 5.10 Å². The molecule has 1 aromatic carbocycles. The summed E-state index contributed by atoms with van der Waals surface area (Å²) in [6.45, 7) is 9.73. The van der Waals surface area contributed by atoms with Crippen LogP contribution in [0.5, 0.6) is 0 Å². The summed E-state index contributed by atoms with van der Waals surface area (Å²) in [7, 11) is 0. The summed E-state index contributed by atoms with van der Waals surface area (Å²) in [6, 6.07) is 9.99. The molecule has 1 N–H and O–H groups in total. The Bertz CT molecular complexity index is 910. The number of nitrogens with zero attached hydrogens (tertiary/aromatic N) is 5. The van der Waals surface area contributed by atoms with Gasteiger partial charge >= 0.3 is 0 Å². The second-order valence-corrected chi connectivity index (χ2v) is 6.31. The van der Waals surface area contributed by atoms with Gasteiger partial charge in [0.1, 0.15) is 0 Å². The molecule has 0 unspecified atom stereocenters. The highest BCUT2D eigenvalue weighted by Crippen LogP contribution is 2.13. The monoisotopic (exact) mass is 352 g/mol. The van der Waals surface area contributed by atoms with Crippen LogP contribution in [0.3, 0.4) is 0 Å². The Kier molecular flexibility index (Phi) is 5.16. The molecule has 136 valence electrons. The highest BCUT2D eigenvalue weighted by molar-refractivity contribution is 5.93. The molecule has 0 aliphatic heterocycles. The van der Waals surface area contributed by atoms with Crippen molar-refractivity contribution in [2.24, 2.45) is 0 Å². The minimum atomic E-state index is -0.218. The molecule has 0 saturated heterocycles. The Morgan fingerprint density at radius 2 is 1.81 bits per heavy atom. The summed E-state index contributed by atoms with van der Waals surface area (Å²) in [4.78, 5) is 12.5. The van der Waals surface area contributed by atoms with Crippen LogP contribution in [0.1, 0.15) is 45.6 Å². The third-order valence-corrected chi connectivity index (χ3v) is 4.63. The Morgan fingerprint density at radius 3 is 2.46 bits per heavy atom. The van der Waals surface area contributed by atoms with Crippen LogP contribution in [0.4, 0.5) is 0 Å². The lowest BCUT2D eigenvalue weighted by Gasteiger charge is -2.06. The summed E-state index contributed by atoms with van der Waals surface area (Å²) in [5.41, 5.74) is 5.30. The van der Waals surface area contributed by atoms with Crippen LogP contribution in [0.25, 0.3) is 0 Å². The third-order valence-electron chi connectivity index (χ3n) is 4.63. The van der Waals surface area contributed by atoms with Gasteiger partial charge in [0.25, 0.3) is 5.91 Å². The molecule has 2 heterocycles. The van der Waals surface area contributed by atoms with Crippen LogP contribution in [0.15, 0.2) is 30.3 Å². The number of hydrogen-bond donors (Lipinski definition) is 1. The fourth-order valence-electron chi connectivity index (χ4n) is 3.03. The molecular formula is C19H24N6O. The van der Waals surface area contributed by atoms with Crippen molar-refractivity contribution in [2.45, 2.75) is 47.3 Å². The number of carbonyl (C=O) groups is 1. The van der Waals surface area contributed by atoms with Gasteiger partial charge in [-0.05, 0) is 33.3 Å². The first-order chi connectivity index (χ1) is 12.5. The topological polar surface area (TPSA) is 77.6 Å². The summed E-state index contributed by atoms with van der Waals surface area (Å²) in [5.74, 6) is -0.218. The Morgan fingerprint density at radius 1 is 1.08 bits per heavy atom. The largest absolute Gasteiger partial charge is 0.346 e. The van der Waals surface area contributed by atoms with Crippen molar-refractivity contribution in [3.63, 3.8) is 0 Å². The van der Waals surface area contributed by atoms with Gasteiger partial charge < -0.3 is 5.32 Å². The standard InChI is InChI=1S/C19H24N6O/c1-5-24-14(3)17(13(2)22-24)11-20-19(26)18-15(4)25(23-21-18)12-16-9-7-6-8-10-16/h6-10H,5,11-12H2,1-4H3,(H,20,26). The van der Waals surface area contributed by atoms with Gasteiger partial charge in [-0.25, -0.2) is 4.68 Å². The van der Waals surface area contributed by atoms with E-state index in [2.05, 4.69) is 27.7 Å². The number of nitrogens with one attached hydrogen (secondary N) is 1. The Balaban J connectivity index is 1.70. The van der Waals surface area contributed by atoms with E-state index in [9.17, 15) is 4.79 Å². The second-order valence-electron chi connectivity index (χ2n) is 6.31. The zero-order valence-corrected chi connectivity index (χ0v) is 15.7. The summed E-state index contributed by atoms with van der Waals surface area (Å²) in [6.07, 6.45) is 0. The molecule has 26 heavy (non-hydrogen) atoms. The average molecular weight is 352 g/mol. The Labute approximate surface area is 153 Å². The van der Waals surface area contributed by atoms with E-state index in [-0.39, 0.29) is 5.91 Å². The first-order valence-electron chi connectivity index (χ1n) is 8.76. The maximum absolute atomic E-state index is 12.5. The predicted octanol–water partition coefficient (Wildman–Crippen LogP) is 2.40. The van der Waals surface area contributed by atoms with Crippen LogP contribution >= 0.6 is 0 Å². The van der Waals surface area contributed by atoms with Crippen molar-refractivity contribution in [3.05, 3.63) is 64.2 Å². The third kappa shape index (κ3) is 3.51. The maximum Gasteiger partial charge on any atom is 0.274 e. The number of carbonyl (C=O) groups excluding carboxylic acids is 1. The zero-order valence-electron chi connectivity index (χ0n) is 15.7. The lowest BCUT2D eigenvalue weighted by atomic mass is 10.2. The molecule has 0 radical (unpaired) electrons.